The highest BCUT2D eigenvalue weighted by molar-refractivity contribution is 5.97. The quantitative estimate of drug-likeness (QED) is 0.582. The van der Waals surface area contributed by atoms with Gasteiger partial charge in [-0.3, -0.25) is 4.79 Å². The van der Waals surface area contributed by atoms with E-state index in [9.17, 15) is 14.7 Å². The third kappa shape index (κ3) is 6.24. The van der Waals surface area contributed by atoms with Gasteiger partial charge in [0.2, 0.25) is 0 Å². The lowest BCUT2D eigenvalue weighted by molar-refractivity contribution is 0.00541. The van der Waals surface area contributed by atoms with Gasteiger partial charge in [-0.2, -0.15) is 0 Å². The number of alkyl carbamates (subject to hydrolysis) is 1. The molecule has 150 valence electrons. The van der Waals surface area contributed by atoms with Crippen molar-refractivity contribution in [2.75, 3.05) is 18.5 Å². The molecule has 1 aromatic carbocycles. The molecule has 27 heavy (non-hydrogen) atoms. The van der Waals surface area contributed by atoms with Crippen molar-refractivity contribution in [3.8, 4) is 0 Å². The molecule has 1 fully saturated rings. The van der Waals surface area contributed by atoms with E-state index in [4.69, 9.17) is 4.74 Å². The van der Waals surface area contributed by atoms with Gasteiger partial charge in [0.15, 0.2) is 5.78 Å². The Hall–Kier alpha value is -2.08. The fraction of sp³-hybridized carbons (Fsp3) is 0.619. The Bertz CT molecular complexity index is 660. The molecule has 0 unspecified atom stereocenters. The molecule has 0 bridgehead atoms. The molecule has 1 saturated carbocycles. The van der Waals surface area contributed by atoms with E-state index >= 15 is 0 Å². The summed E-state index contributed by atoms with van der Waals surface area (Å²) in [4.78, 5) is 26.0. The standard InChI is InChI=1S/C21H32N2O4/c1-20(2,3)27-19(25)22-14-11-18(24)16-9-8-10-17(15-16)23(4)21(26)12-6-5-7-13-21/h8-10,15,26H,5-7,11-14H2,1-4H3,(H,22,25). The monoisotopic (exact) mass is 376 g/mol. The van der Waals surface area contributed by atoms with Gasteiger partial charge in [-0.25, -0.2) is 4.79 Å². The highest BCUT2D eigenvalue weighted by Crippen LogP contribution is 2.33. The number of rotatable bonds is 6. The molecule has 0 aromatic heterocycles. The average molecular weight is 376 g/mol. The second kappa shape index (κ2) is 8.74. The van der Waals surface area contributed by atoms with Crippen molar-refractivity contribution >= 4 is 17.6 Å². The molecule has 1 amide bonds. The predicted octanol–water partition coefficient (Wildman–Crippen LogP) is 3.87. The number of Topliss-reactive ketones (excluding diaryl/α,β-unsaturated/α-hetero) is 1. The zero-order chi connectivity index (χ0) is 20.1. The van der Waals surface area contributed by atoms with Gasteiger partial charge in [0.25, 0.3) is 0 Å². The Morgan fingerprint density at radius 3 is 2.52 bits per heavy atom. The molecule has 0 atom stereocenters. The molecule has 0 spiro atoms. The Kier molecular flexibility index (Phi) is 6.87. The molecule has 0 heterocycles. The van der Waals surface area contributed by atoms with Crippen LogP contribution in [0, 0.1) is 0 Å². The van der Waals surface area contributed by atoms with Crippen molar-refractivity contribution in [3.05, 3.63) is 29.8 Å². The van der Waals surface area contributed by atoms with E-state index in [0.717, 1.165) is 37.8 Å². The number of anilines is 1. The predicted molar refractivity (Wildman–Crippen MR) is 106 cm³/mol. The van der Waals surface area contributed by atoms with Crippen LogP contribution in [0.15, 0.2) is 24.3 Å². The fourth-order valence-electron chi connectivity index (χ4n) is 3.32. The van der Waals surface area contributed by atoms with Crippen molar-refractivity contribution in [1.29, 1.82) is 0 Å². The van der Waals surface area contributed by atoms with Crippen LogP contribution in [0.4, 0.5) is 10.5 Å². The summed E-state index contributed by atoms with van der Waals surface area (Å²) in [6.07, 6.45) is 4.31. The molecular weight excluding hydrogens is 344 g/mol. The van der Waals surface area contributed by atoms with Crippen LogP contribution in [0.25, 0.3) is 0 Å². The molecule has 0 radical (unpaired) electrons. The fourth-order valence-corrected chi connectivity index (χ4v) is 3.32. The summed E-state index contributed by atoms with van der Waals surface area (Å²) in [5, 5.41) is 13.5. The summed E-state index contributed by atoms with van der Waals surface area (Å²) < 4.78 is 5.16. The van der Waals surface area contributed by atoms with Gasteiger partial charge < -0.3 is 20.1 Å². The number of nitrogens with one attached hydrogen (secondary N) is 1. The summed E-state index contributed by atoms with van der Waals surface area (Å²) in [6, 6.07) is 7.30. The number of hydrogen-bond donors (Lipinski definition) is 2. The van der Waals surface area contributed by atoms with E-state index < -0.39 is 17.4 Å². The second-order valence-corrected chi connectivity index (χ2v) is 8.25. The van der Waals surface area contributed by atoms with E-state index in [2.05, 4.69) is 5.32 Å². The molecule has 1 aliphatic carbocycles. The van der Waals surface area contributed by atoms with Crippen molar-refractivity contribution in [1.82, 2.24) is 5.32 Å². The maximum absolute atomic E-state index is 12.5. The van der Waals surface area contributed by atoms with E-state index in [1.54, 1.807) is 26.8 Å². The van der Waals surface area contributed by atoms with Crippen molar-refractivity contribution in [2.45, 2.75) is 70.6 Å². The molecular formula is C21H32N2O4. The maximum atomic E-state index is 12.5. The van der Waals surface area contributed by atoms with Gasteiger partial charge >= 0.3 is 6.09 Å². The highest BCUT2D eigenvalue weighted by atomic mass is 16.6. The number of ether oxygens (including phenoxy) is 1. The molecule has 0 saturated heterocycles. The molecule has 6 heteroatoms. The highest BCUT2D eigenvalue weighted by Gasteiger charge is 2.33. The van der Waals surface area contributed by atoms with Gasteiger partial charge in [-0.05, 0) is 58.6 Å². The summed E-state index contributed by atoms with van der Waals surface area (Å²) in [6.45, 7) is 5.59. The van der Waals surface area contributed by atoms with E-state index in [-0.39, 0.29) is 18.7 Å². The van der Waals surface area contributed by atoms with Crippen LogP contribution in [0.1, 0.15) is 69.7 Å². The normalized spacial score (nSPS) is 16.5. The molecule has 6 nitrogen and oxygen atoms in total. The Balaban J connectivity index is 1.94. The first-order chi connectivity index (χ1) is 12.6. The molecule has 1 aromatic rings. The van der Waals surface area contributed by atoms with Crippen molar-refractivity contribution in [2.24, 2.45) is 0 Å². The summed E-state index contributed by atoms with van der Waals surface area (Å²) in [7, 11) is 1.87. The first-order valence-electron chi connectivity index (χ1n) is 9.67. The number of aliphatic hydroxyl groups is 1. The topological polar surface area (TPSA) is 78.9 Å². The third-order valence-corrected chi connectivity index (χ3v) is 4.85. The molecule has 2 N–H and O–H groups in total. The van der Waals surface area contributed by atoms with Gasteiger partial charge in [0, 0.05) is 31.3 Å². The third-order valence-electron chi connectivity index (χ3n) is 4.85. The van der Waals surface area contributed by atoms with Gasteiger partial charge in [-0.1, -0.05) is 18.6 Å². The zero-order valence-electron chi connectivity index (χ0n) is 16.9. The summed E-state index contributed by atoms with van der Waals surface area (Å²) >= 11 is 0. The van der Waals surface area contributed by atoms with E-state index in [1.807, 2.05) is 30.1 Å². The Morgan fingerprint density at radius 2 is 1.89 bits per heavy atom. The van der Waals surface area contributed by atoms with Gasteiger partial charge in [0.1, 0.15) is 11.3 Å². The van der Waals surface area contributed by atoms with Crippen LogP contribution in [0.2, 0.25) is 0 Å². The Morgan fingerprint density at radius 1 is 1.22 bits per heavy atom. The SMILES string of the molecule is CN(c1cccc(C(=O)CCNC(=O)OC(C)(C)C)c1)C1(O)CCCCC1. The van der Waals surface area contributed by atoms with Crippen LogP contribution in [-0.2, 0) is 4.74 Å². The first-order valence-corrected chi connectivity index (χ1v) is 9.67. The minimum absolute atomic E-state index is 0.0584. The number of amides is 1. The second-order valence-electron chi connectivity index (χ2n) is 8.25. The van der Waals surface area contributed by atoms with Gasteiger partial charge in [-0.15, -0.1) is 0 Å². The van der Waals surface area contributed by atoms with E-state index in [1.165, 1.54) is 0 Å². The molecule has 1 aliphatic rings. The van der Waals surface area contributed by atoms with Crippen LogP contribution in [0.3, 0.4) is 0 Å². The number of carbonyl (C=O) groups excluding carboxylic acids is 2. The minimum Gasteiger partial charge on any atom is -0.444 e. The van der Waals surface area contributed by atoms with Crippen molar-refractivity contribution in [3.63, 3.8) is 0 Å². The largest absolute Gasteiger partial charge is 0.444 e. The zero-order valence-corrected chi connectivity index (χ0v) is 16.9. The number of carbonyl (C=O) groups is 2. The first kappa shape index (κ1) is 21.2. The Labute approximate surface area is 161 Å². The number of hydrogen-bond acceptors (Lipinski definition) is 5. The van der Waals surface area contributed by atoms with Crippen LogP contribution in [-0.4, -0.2) is 41.9 Å². The van der Waals surface area contributed by atoms with Crippen LogP contribution < -0.4 is 10.2 Å². The lowest BCUT2D eigenvalue weighted by Crippen LogP contribution is -2.48. The average Bonchev–Trinajstić information content (AvgIpc) is 2.60. The van der Waals surface area contributed by atoms with Crippen LogP contribution >= 0.6 is 0 Å². The smallest absolute Gasteiger partial charge is 0.407 e. The van der Waals surface area contributed by atoms with Crippen LogP contribution in [0.5, 0.6) is 0 Å². The van der Waals surface area contributed by atoms with Gasteiger partial charge in [0.05, 0.1) is 0 Å². The molecule has 0 aliphatic heterocycles. The summed E-state index contributed by atoms with van der Waals surface area (Å²) in [5.74, 6) is -0.0584. The lowest BCUT2D eigenvalue weighted by atomic mass is 9.90. The maximum Gasteiger partial charge on any atom is 0.407 e. The number of ketones is 1. The lowest BCUT2D eigenvalue weighted by Gasteiger charge is -2.41. The number of nitrogens with zero attached hydrogens (tertiary/aromatic N) is 1. The van der Waals surface area contributed by atoms with E-state index in [0.29, 0.717) is 5.56 Å². The van der Waals surface area contributed by atoms with Crippen molar-refractivity contribution < 1.29 is 19.4 Å². The number of benzene rings is 1. The summed E-state index contributed by atoms with van der Waals surface area (Å²) in [5.41, 5.74) is -0.0139. The molecule has 2 rings (SSSR count). The minimum atomic E-state index is -0.849.